The predicted molar refractivity (Wildman–Crippen MR) is 101 cm³/mol. The molecule has 6 heteroatoms. The molecular formula is C17H26N2O2S2. The monoisotopic (exact) mass is 354 g/mol. The zero-order valence-electron chi connectivity index (χ0n) is 13.9. The van der Waals surface area contributed by atoms with Gasteiger partial charge in [0, 0.05) is 18.3 Å². The van der Waals surface area contributed by atoms with E-state index in [0.29, 0.717) is 11.5 Å². The topological polar surface area (TPSA) is 49.4 Å². The number of nitrogens with zero attached hydrogens (tertiary/aromatic N) is 1. The van der Waals surface area contributed by atoms with Crippen LogP contribution in [0.5, 0.6) is 0 Å². The third-order valence-electron chi connectivity index (χ3n) is 4.28. The highest BCUT2D eigenvalue weighted by Gasteiger charge is 2.33. The molecule has 0 unspecified atom stereocenters. The number of hydrogen-bond donors (Lipinski definition) is 1. The van der Waals surface area contributed by atoms with Crippen LogP contribution in [0, 0.1) is 0 Å². The Bertz CT molecular complexity index is 626. The standard InChI is InChI=1S/C17H26N2O2S2/c1-3-5-11-19(16-10-12-23(20,21)13-16)17(22)18-15-8-6-14(4-2)7-9-15/h6-9,16H,3-5,10-13H2,1-2H3,(H,18,22)/t16-/m0/s1. The number of unbranched alkanes of at least 4 members (excludes halogenated alkanes) is 1. The van der Waals surface area contributed by atoms with Gasteiger partial charge in [0.2, 0.25) is 0 Å². The lowest BCUT2D eigenvalue weighted by molar-refractivity contribution is 0.333. The van der Waals surface area contributed by atoms with Crippen molar-refractivity contribution in [2.45, 2.75) is 45.6 Å². The van der Waals surface area contributed by atoms with E-state index in [1.165, 1.54) is 5.56 Å². The van der Waals surface area contributed by atoms with E-state index in [4.69, 9.17) is 12.2 Å². The summed E-state index contributed by atoms with van der Waals surface area (Å²) in [5, 5.41) is 3.90. The molecule has 0 aromatic heterocycles. The molecule has 1 N–H and O–H groups in total. The van der Waals surface area contributed by atoms with Crippen molar-refractivity contribution in [1.82, 2.24) is 4.90 Å². The molecule has 1 aliphatic rings. The number of aryl methyl sites for hydroxylation is 1. The van der Waals surface area contributed by atoms with E-state index in [1.807, 2.05) is 12.1 Å². The molecule has 0 aliphatic carbocycles. The number of anilines is 1. The molecule has 1 heterocycles. The molecule has 0 radical (unpaired) electrons. The Morgan fingerprint density at radius 3 is 2.52 bits per heavy atom. The number of rotatable bonds is 6. The van der Waals surface area contributed by atoms with Crippen molar-refractivity contribution in [3.05, 3.63) is 29.8 Å². The Kier molecular flexibility index (Phi) is 6.41. The van der Waals surface area contributed by atoms with Gasteiger partial charge in [0.1, 0.15) is 0 Å². The largest absolute Gasteiger partial charge is 0.345 e. The first-order valence-electron chi connectivity index (χ1n) is 8.32. The highest BCUT2D eigenvalue weighted by molar-refractivity contribution is 7.91. The van der Waals surface area contributed by atoms with E-state index < -0.39 is 9.84 Å². The van der Waals surface area contributed by atoms with Gasteiger partial charge in [-0.25, -0.2) is 8.42 Å². The smallest absolute Gasteiger partial charge is 0.173 e. The fourth-order valence-corrected chi connectivity index (χ4v) is 4.91. The number of benzene rings is 1. The third kappa shape index (κ3) is 5.18. The molecule has 0 spiro atoms. The predicted octanol–water partition coefficient (Wildman–Crippen LogP) is 3.24. The van der Waals surface area contributed by atoms with Crippen LogP contribution in [0.15, 0.2) is 24.3 Å². The zero-order chi connectivity index (χ0) is 16.9. The van der Waals surface area contributed by atoms with Gasteiger partial charge < -0.3 is 10.2 Å². The van der Waals surface area contributed by atoms with Crippen molar-refractivity contribution < 1.29 is 8.42 Å². The molecule has 1 saturated heterocycles. The second-order valence-electron chi connectivity index (χ2n) is 6.08. The number of nitrogens with one attached hydrogen (secondary N) is 1. The molecule has 0 saturated carbocycles. The van der Waals surface area contributed by atoms with Crippen LogP contribution in [0.4, 0.5) is 5.69 Å². The minimum absolute atomic E-state index is 0.00136. The van der Waals surface area contributed by atoms with E-state index in [2.05, 4.69) is 36.2 Å². The maximum absolute atomic E-state index is 11.8. The first-order valence-corrected chi connectivity index (χ1v) is 10.5. The summed E-state index contributed by atoms with van der Waals surface area (Å²) in [4.78, 5) is 2.07. The van der Waals surface area contributed by atoms with Gasteiger partial charge in [0.05, 0.1) is 11.5 Å². The Morgan fingerprint density at radius 2 is 2.00 bits per heavy atom. The van der Waals surface area contributed by atoms with Crippen LogP contribution in [0.1, 0.15) is 38.7 Å². The number of sulfone groups is 1. The summed E-state index contributed by atoms with van der Waals surface area (Å²) >= 11 is 5.56. The van der Waals surface area contributed by atoms with E-state index >= 15 is 0 Å². The van der Waals surface area contributed by atoms with Gasteiger partial charge in [-0.05, 0) is 49.2 Å². The molecule has 1 aliphatic heterocycles. The molecule has 1 atom stereocenters. The van der Waals surface area contributed by atoms with Crippen LogP contribution < -0.4 is 5.32 Å². The number of hydrogen-bond acceptors (Lipinski definition) is 3. The van der Waals surface area contributed by atoms with Crippen LogP contribution >= 0.6 is 12.2 Å². The maximum Gasteiger partial charge on any atom is 0.173 e. The molecule has 1 aromatic carbocycles. The lowest BCUT2D eigenvalue weighted by atomic mass is 10.1. The van der Waals surface area contributed by atoms with Gasteiger partial charge >= 0.3 is 0 Å². The summed E-state index contributed by atoms with van der Waals surface area (Å²) < 4.78 is 23.6. The van der Waals surface area contributed by atoms with Gasteiger partial charge in [-0.1, -0.05) is 32.4 Å². The molecule has 1 fully saturated rings. The van der Waals surface area contributed by atoms with Gasteiger partial charge in [-0.15, -0.1) is 0 Å². The molecule has 4 nitrogen and oxygen atoms in total. The van der Waals surface area contributed by atoms with Crippen molar-refractivity contribution in [3.8, 4) is 0 Å². The Balaban J connectivity index is 2.06. The quantitative estimate of drug-likeness (QED) is 0.795. The van der Waals surface area contributed by atoms with E-state index in [-0.39, 0.29) is 17.5 Å². The zero-order valence-corrected chi connectivity index (χ0v) is 15.5. The first-order chi connectivity index (χ1) is 10.9. The van der Waals surface area contributed by atoms with Crippen LogP contribution in [-0.2, 0) is 16.3 Å². The van der Waals surface area contributed by atoms with E-state index in [1.54, 1.807) is 0 Å². The summed E-state index contributed by atoms with van der Waals surface area (Å²) in [5.41, 5.74) is 2.24. The summed E-state index contributed by atoms with van der Waals surface area (Å²) in [6.45, 7) is 5.05. The van der Waals surface area contributed by atoms with Gasteiger partial charge in [-0.3, -0.25) is 0 Å². The normalized spacial score (nSPS) is 19.5. The molecule has 0 bridgehead atoms. The summed E-state index contributed by atoms with van der Waals surface area (Å²) in [6.07, 6.45) is 3.74. The Labute approximate surface area is 145 Å². The lowest BCUT2D eigenvalue weighted by Crippen LogP contribution is -2.44. The number of thiocarbonyl (C=S) groups is 1. The average Bonchev–Trinajstić information content (AvgIpc) is 2.88. The minimum Gasteiger partial charge on any atom is -0.345 e. The van der Waals surface area contributed by atoms with Crippen molar-refractivity contribution in [2.24, 2.45) is 0 Å². The van der Waals surface area contributed by atoms with Crippen molar-refractivity contribution in [1.29, 1.82) is 0 Å². The Hall–Kier alpha value is -1.14. The SMILES string of the molecule is CCCCN(C(=S)Nc1ccc(CC)cc1)[C@H]1CCS(=O)(=O)C1. The lowest BCUT2D eigenvalue weighted by Gasteiger charge is -2.31. The summed E-state index contributed by atoms with van der Waals surface area (Å²) in [5.74, 6) is 0.488. The van der Waals surface area contributed by atoms with Gasteiger partial charge in [0.25, 0.3) is 0 Å². The minimum atomic E-state index is -2.91. The Morgan fingerprint density at radius 1 is 1.30 bits per heavy atom. The fourth-order valence-electron chi connectivity index (χ4n) is 2.82. The molecule has 0 amide bonds. The maximum atomic E-state index is 11.8. The highest BCUT2D eigenvalue weighted by Crippen LogP contribution is 2.20. The van der Waals surface area contributed by atoms with Gasteiger partial charge in [-0.2, -0.15) is 0 Å². The van der Waals surface area contributed by atoms with E-state index in [9.17, 15) is 8.42 Å². The van der Waals surface area contributed by atoms with Crippen LogP contribution in [0.2, 0.25) is 0 Å². The first kappa shape index (κ1) is 18.2. The van der Waals surface area contributed by atoms with Gasteiger partial charge in [0.15, 0.2) is 14.9 Å². The molecular weight excluding hydrogens is 328 g/mol. The van der Waals surface area contributed by atoms with Crippen molar-refractivity contribution in [2.75, 3.05) is 23.4 Å². The van der Waals surface area contributed by atoms with Crippen LogP contribution in [0.3, 0.4) is 0 Å². The van der Waals surface area contributed by atoms with Crippen LogP contribution in [0.25, 0.3) is 0 Å². The van der Waals surface area contributed by atoms with E-state index in [0.717, 1.165) is 31.5 Å². The molecule has 23 heavy (non-hydrogen) atoms. The molecule has 2 rings (SSSR count). The fraction of sp³-hybridized carbons (Fsp3) is 0.588. The highest BCUT2D eigenvalue weighted by atomic mass is 32.2. The molecule has 1 aromatic rings. The van der Waals surface area contributed by atoms with Crippen molar-refractivity contribution in [3.63, 3.8) is 0 Å². The van der Waals surface area contributed by atoms with Crippen molar-refractivity contribution >= 4 is 32.9 Å². The van der Waals surface area contributed by atoms with Crippen LogP contribution in [-0.4, -0.2) is 42.5 Å². The second-order valence-corrected chi connectivity index (χ2v) is 8.70. The average molecular weight is 355 g/mol. The molecule has 128 valence electrons. The second kappa shape index (κ2) is 8.11. The summed E-state index contributed by atoms with van der Waals surface area (Å²) in [6, 6.07) is 8.22. The summed E-state index contributed by atoms with van der Waals surface area (Å²) in [7, 11) is -2.91. The third-order valence-corrected chi connectivity index (χ3v) is 6.36.